The number of aliphatic hydroxyl groups excluding tert-OH is 2. The average molecular weight is 423 g/mol. The van der Waals surface area contributed by atoms with E-state index >= 15 is 0 Å². The van der Waals surface area contributed by atoms with Gasteiger partial charge in [-0.05, 0) is 6.42 Å². The van der Waals surface area contributed by atoms with Crippen molar-refractivity contribution in [3.05, 3.63) is 0 Å². The van der Waals surface area contributed by atoms with Crippen molar-refractivity contribution >= 4 is 42.2 Å². The Bertz CT molecular complexity index is 590. The monoisotopic (exact) mass is 423 g/mol. The van der Waals surface area contributed by atoms with Crippen LogP contribution in [0, 0.1) is 0 Å². The van der Waals surface area contributed by atoms with Gasteiger partial charge in [0.05, 0.1) is 13.2 Å². The van der Waals surface area contributed by atoms with Crippen molar-refractivity contribution in [3.63, 3.8) is 0 Å². The van der Waals surface area contributed by atoms with Gasteiger partial charge in [-0.25, -0.2) is 4.79 Å². The summed E-state index contributed by atoms with van der Waals surface area (Å²) in [5.74, 6) is -5.19. The van der Waals surface area contributed by atoms with Crippen LogP contribution in [0.1, 0.15) is 12.8 Å². The zero-order valence-electron chi connectivity index (χ0n) is 14.8. The van der Waals surface area contributed by atoms with Gasteiger partial charge in [0.1, 0.15) is 24.2 Å². The molecule has 4 unspecified atom stereocenters. The number of carbonyl (C=O) groups is 5. The molecule has 0 rings (SSSR count). The van der Waals surface area contributed by atoms with E-state index in [1.807, 2.05) is 0 Å². The highest BCUT2D eigenvalue weighted by Gasteiger charge is 2.29. The van der Waals surface area contributed by atoms with Gasteiger partial charge in [0.25, 0.3) is 0 Å². The number of aliphatic hydroxyl groups is 2. The SMILES string of the molecule is NC(=O)CCC(NC(=O)C(N)CO)C(=O)NC(CO)C(=O)NC(CS)C(=O)O. The van der Waals surface area contributed by atoms with Crippen molar-refractivity contribution in [2.75, 3.05) is 19.0 Å². The van der Waals surface area contributed by atoms with E-state index in [9.17, 15) is 29.1 Å². The summed E-state index contributed by atoms with van der Waals surface area (Å²) in [5, 5.41) is 33.5. The predicted octanol–water partition coefficient (Wildman–Crippen LogP) is -4.97. The first-order valence-electron chi connectivity index (χ1n) is 8.07. The van der Waals surface area contributed by atoms with Crippen LogP contribution in [-0.2, 0) is 24.0 Å². The Morgan fingerprint density at radius 2 is 1.36 bits per heavy atom. The lowest BCUT2D eigenvalue weighted by molar-refractivity contribution is -0.142. The van der Waals surface area contributed by atoms with Crippen LogP contribution in [0.15, 0.2) is 0 Å². The van der Waals surface area contributed by atoms with Crippen molar-refractivity contribution < 1.29 is 39.3 Å². The number of nitrogens with two attached hydrogens (primary N) is 2. The number of carbonyl (C=O) groups excluding carboxylic acids is 4. The molecule has 0 aliphatic carbocycles. The first-order chi connectivity index (χ1) is 13.1. The summed E-state index contributed by atoms with van der Waals surface area (Å²) in [6.45, 7) is -1.57. The van der Waals surface area contributed by atoms with Gasteiger partial charge >= 0.3 is 5.97 Å². The van der Waals surface area contributed by atoms with E-state index in [2.05, 4.69) is 28.6 Å². The fraction of sp³-hybridized carbons (Fsp3) is 0.643. The second-order valence-corrected chi connectivity index (χ2v) is 6.05. The number of carboxylic acid groups (broad SMARTS) is 1. The fourth-order valence-electron chi connectivity index (χ4n) is 1.84. The van der Waals surface area contributed by atoms with Gasteiger partial charge in [-0.15, -0.1) is 0 Å². The van der Waals surface area contributed by atoms with Crippen molar-refractivity contribution in [2.45, 2.75) is 37.0 Å². The molecule has 0 saturated heterocycles. The largest absolute Gasteiger partial charge is 0.480 e. The Hall–Kier alpha value is -2.42. The molecule has 13 nitrogen and oxygen atoms in total. The van der Waals surface area contributed by atoms with E-state index in [1.165, 1.54) is 0 Å². The third kappa shape index (κ3) is 8.98. The topological polar surface area (TPSA) is 234 Å². The van der Waals surface area contributed by atoms with E-state index in [4.69, 9.17) is 21.7 Å². The molecule has 10 N–H and O–H groups in total. The number of rotatable bonds is 13. The van der Waals surface area contributed by atoms with Gasteiger partial charge in [-0.3, -0.25) is 19.2 Å². The fourth-order valence-corrected chi connectivity index (χ4v) is 2.09. The molecule has 0 radical (unpaired) electrons. The third-order valence-electron chi connectivity index (χ3n) is 3.46. The summed E-state index contributed by atoms with van der Waals surface area (Å²) >= 11 is 3.77. The zero-order valence-corrected chi connectivity index (χ0v) is 15.7. The van der Waals surface area contributed by atoms with E-state index < -0.39 is 67.0 Å². The van der Waals surface area contributed by atoms with Crippen LogP contribution in [0.25, 0.3) is 0 Å². The van der Waals surface area contributed by atoms with Gasteiger partial charge in [-0.1, -0.05) is 0 Å². The summed E-state index contributed by atoms with van der Waals surface area (Å²) in [6, 6.07) is -5.56. The lowest BCUT2D eigenvalue weighted by Crippen LogP contribution is -2.58. The first kappa shape index (κ1) is 25.6. The highest BCUT2D eigenvalue weighted by atomic mass is 32.1. The van der Waals surface area contributed by atoms with Gasteiger partial charge in [0, 0.05) is 12.2 Å². The molecule has 0 saturated carbocycles. The lowest BCUT2D eigenvalue weighted by Gasteiger charge is -2.23. The van der Waals surface area contributed by atoms with Crippen molar-refractivity contribution in [1.82, 2.24) is 16.0 Å². The molecule has 0 aliphatic heterocycles. The van der Waals surface area contributed by atoms with Gasteiger partial charge < -0.3 is 42.7 Å². The van der Waals surface area contributed by atoms with Gasteiger partial charge in [-0.2, -0.15) is 12.6 Å². The molecular weight excluding hydrogens is 398 g/mol. The smallest absolute Gasteiger partial charge is 0.327 e. The Labute approximate surface area is 165 Å². The van der Waals surface area contributed by atoms with Crippen LogP contribution >= 0.6 is 12.6 Å². The van der Waals surface area contributed by atoms with Crippen LogP contribution in [-0.4, -0.2) is 88.1 Å². The molecule has 160 valence electrons. The average Bonchev–Trinajstić information content (AvgIpc) is 2.65. The zero-order chi connectivity index (χ0) is 21.9. The van der Waals surface area contributed by atoms with E-state index in [0.717, 1.165) is 0 Å². The number of carboxylic acids is 1. The van der Waals surface area contributed by atoms with Crippen molar-refractivity contribution in [1.29, 1.82) is 0 Å². The minimum Gasteiger partial charge on any atom is -0.480 e. The molecule has 0 heterocycles. The van der Waals surface area contributed by atoms with E-state index in [1.54, 1.807) is 0 Å². The Morgan fingerprint density at radius 1 is 0.857 bits per heavy atom. The molecule has 28 heavy (non-hydrogen) atoms. The van der Waals surface area contributed by atoms with E-state index in [0.29, 0.717) is 0 Å². The summed E-state index contributed by atoms with van der Waals surface area (Å²) in [5.41, 5.74) is 10.4. The maximum atomic E-state index is 12.4. The van der Waals surface area contributed by atoms with Crippen LogP contribution in [0.3, 0.4) is 0 Å². The van der Waals surface area contributed by atoms with Crippen LogP contribution < -0.4 is 27.4 Å². The summed E-state index contributed by atoms with van der Waals surface area (Å²) in [6.07, 6.45) is -0.525. The highest BCUT2D eigenvalue weighted by molar-refractivity contribution is 7.80. The number of nitrogens with one attached hydrogen (secondary N) is 3. The molecule has 0 fully saturated rings. The van der Waals surface area contributed by atoms with Crippen LogP contribution in [0.5, 0.6) is 0 Å². The van der Waals surface area contributed by atoms with Crippen molar-refractivity contribution in [2.24, 2.45) is 11.5 Å². The number of hydrogen-bond acceptors (Lipinski definition) is 9. The molecule has 4 amide bonds. The molecular formula is C14H25N5O8S. The minimum atomic E-state index is -1.53. The molecule has 0 aromatic rings. The molecule has 0 aliphatic rings. The minimum absolute atomic E-state index is 0.233. The third-order valence-corrected chi connectivity index (χ3v) is 3.82. The Kier molecular flexibility index (Phi) is 11.8. The number of thiol groups is 1. The summed E-state index contributed by atoms with van der Waals surface area (Å²) in [4.78, 5) is 58.1. The Balaban J connectivity index is 5.16. The quantitative estimate of drug-likeness (QED) is 0.129. The number of primary amides is 1. The standard InChI is InChI=1S/C14H25N5O8S/c15-6(3-20)11(23)17-7(1-2-10(16)22)12(24)18-8(4-21)13(25)19-9(5-28)14(26)27/h6-9,20-21,28H,1-5,15H2,(H2,16,22)(H,17,23)(H,18,24)(H,19,25)(H,26,27). The Morgan fingerprint density at radius 3 is 1.79 bits per heavy atom. The summed E-state index contributed by atoms with van der Waals surface area (Å²) < 4.78 is 0. The predicted molar refractivity (Wildman–Crippen MR) is 97.9 cm³/mol. The molecule has 0 aromatic carbocycles. The summed E-state index contributed by atoms with van der Waals surface area (Å²) in [7, 11) is 0. The maximum Gasteiger partial charge on any atom is 0.327 e. The molecule has 0 spiro atoms. The van der Waals surface area contributed by atoms with Gasteiger partial charge in [0.2, 0.25) is 23.6 Å². The number of hydrogen-bond donors (Lipinski definition) is 9. The molecule has 0 aromatic heterocycles. The molecule has 4 atom stereocenters. The maximum absolute atomic E-state index is 12.4. The second-order valence-electron chi connectivity index (χ2n) is 5.68. The first-order valence-corrected chi connectivity index (χ1v) is 8.70. The second kappa shape index (κ2) is 12.9. The van der Waals surface area contributed by atoms with Crippen LogP contribution in [0.4, 0.5) is 0 Å². The number of aliphatic carboxylic acids is 1. The lowest BCUT2D eigenvalue weighted by atomic mass is 10.1. The molecule has 0 bridgehead atoms. The van der Waals surface area contributed by atoms with Crippen molar-refractivity contribution in [3.8, 4) is 0 Å². The highest BCUT2D eigenvalue weighted by Crippen LogP contribution is 2.00. The van der Waals surface area contributed by atoms with Crippen LogP contribution in [0.2, 0.25) is 0 Å². The van der Waals surface area contributed by atoms with Gasteiger partial charge in [0.15, 0.2) is 0 Å². The normalized spacial score (nSPS) is 14.9. The van der Waals surface area contributed by atoms with E-state index in [-0.39, 0.29) is 18.6 Å². The molecule has 14 heteroatoms. The number of amides is 4.